The Balaban J connectivity index is 2.69. The lowest BCUT2D eigenvalue weighted by molar-refractivity contribution is -0.148. The van der Waals surface area contributed by atoms with Crippen molar-refractivity contribution in [2.45, 2.75) is 18.9 Å². The molecule has 5 heteroatoms. The maximum atomic E-state index is 10.8. The molecule has 1 unspecified atom stereocenters. The van der Waals surface area contributed by atoms with Gasteiger partial charge in [-0.2, -0.15) is 0 Å². The van der Waals surface area contributed by atoms with Crippen LogP contribution in [0.3, 0.4) is 0 Å². The highest BCUT2D eigenvalue weighted by molar-refractivity contribution is 6.08. The predicted molar refractivity (Wildman–Crippen MR) is 33.8 cm³/mol. The third-order valence-electron chi connectivity index (χ3n) is 1.47. The fourth-order valence-electron chi connectivity index (χ4n) is 0.894. The average molecular weight is 157 g/mol. The second-order valence-corrected chi connectivity index (χ2v) is 2.31. The van der Waals surface area contributed by atoms with Gasteiger partial charge >= 0.3 is 5.97 Å². The largest absolute Gasteiger partial charge is 0.479 e. The van der Waals surface area contributed by atoms with Crippen molar-refractivity contribution in [3.8, 4) is 0 Å². The van der Waals surface area contributed by atoms with Crippen LogP contribution in [0.2, 0.25) is 0 Å². The molecule has 1 aliphatic heterocycles. The molecule has 1 fully saturated rings. The number of hydrogen-bond donors (Lipinski definition) is 2. The van der Waals surface area contributed by atoms with E-state index in [0.717, 1.165) is 0 Å². The number of amides is 1. The van der Waals surface area contributed by atoms with Crippen LogP contribution in [0.1, 0.15) is 12.8 Å². The lowest BCUT2D eigenvalue weighted by atomic mass is 10.0. The van der Waals surface area contributed by atoms with Gasteiger partial charge in [-0.05, 0) is 0 Å². The highest BCUT2D eigenvalue weighted by atomic mass is 16.4. The van der Waals surface area contributed by atoms with E-state index in [4.69, 9.17) is 5.11 Å². The minimum Gasteiger partial charge on any atom is -0.479 e. The van der Waals surface area contributed by atoms with E-state index >= 15 is 0 Å². The molecule has 60 valence electrons. The first-order valence-electron chi connectivity index (χ1n) is 3.16. The monoisotopic (exact) mass is 157 g/mol. The van der Waals surface area contributed by atoms with Crippen molar-refractivity contribution >= 4 is 17.7 Å². The summed E-state index contributed by atoms with van der Waals surface area (Å²) in [5, 5.41) is 10.5. The lowest BCUT2D eigenvalue weighted by Gasteiger charge is -2.17. The second kappa shape index (κ2) is 2.69. The highest BCUT2D eigenvalue weighted by Gasteiger charge is 2.31. The maximum Gasteiger partial charge on any atom is 0.334 e. The van der Waals surface area contributed by atoms with Gasteiger partial charge in [-0.15, -0.1) is 0 Å². The Bertz CT molecular complexity index is 223. The zero-order chi connectivity index (χ0) is 8.43. The van der Waals surface area contributed by atoms with Gasteiger partial charge < -0.3 is 10.4 Å². The van der Waals surface area contributed by atoms with Crippen LogP contribution in [0.5, 0.6) is 0 Å². The van der Waals surface area contributed by atoms with E-state index < -0.39 is 17.8 Å². The summed E-state index contributed by atoms with van der Waals surface area (Å²) in [5.74, 6) is -2.10. The van der Waals surface area contributed by atoms with E-state index in [1.54, 1.807) is 0 Å². The molecule has 1 amide bonds. The zero-order valence-electron chi connectivity index (χ0n) is 5.66. The van der Waals surface area contributed by atoms with Crippen LogP contribution in [-0.2, 0) is 14.4 Å². The summed E-state index contributed by atoms with van der Waals surface area (Å²) in [5.41, 5.74) is 0. The van der Waals surface area contributed by atoms with Gasteiger partial charge in [-0.25, -0.2) is 4.79 Å². The van der Waals surface area contributed by atoms with Crippen LogP contribution < -0.4 is 5.32 Å². The number of carboxylic acid groups (broad SMARTS) is 1. The van der Waals surface area contributed by atoms with Crippen molar-refractivity contribution in [3.05, 3.63) is 0 Å². The number of Topliss-reactive ketones (excluding diaryl/α,β-unsaturated/α-hetero) is 1. The third-order valence-corrected chi connectivity index (χ3v) is 1.47. The first kappa shape index (κ1) is 7.71. The summed E-state index contributed by atoms with van der Waals surface area (Å²) >= 11 is 0. The predicted octanol–water partition coefficient (Wildman–Crippen LogP) is -1.08. The fraction of sp³-hybridized carbons (Fsp3) is 0.500. The van der Waals surface area contributed by atoms with Crippen molar-refractivity contribution in [2.24, 2.45) is 0 Å². The summed E-state index contributed by atoms with van der Waals surface area (Å²) in [6.45, 7) is 0. The normalized spacial score (nSPS) is 24.5. The van der Waals surface area contributed by atoms with Gasteiger partial charge in [0, 0.05) is 12.8 Å². The SMILES string of the molecule is O=C1CCC(=O)C(C(=O)O)N1. The molecule has 0 bridgehead atoms. The zero-order valence-corrected chi connectivity index (χ0v) is 5.66. The molecule has 0 aromatic carbocycles. The Hall–Kier alpha value is -1.39. The molecular weight excluding hydrogens is 150 g/mol. The van der Waals surface area contributed by atoms with Crippen LogP contribution in [0.15, 0.2) is 0 Å². The van der Waals surface area contributed by atoms with Crippen molar-refractivity contribution in [3.63, 3.8) is 0 Å². The van der Waals surface area contributed by atoms with Crippen molar-refractivity contribution in [1.29, 1.82) is 0 Å². The number of nitrogens with one attached hydrogen (secondary N) is 1. The Morgan fingerprint density at radius 3 is 2.55 bits per heavy atom. The summed E-state index contributed by atoms with van der Waals surface area (Å²) in [6.07, 6.45) is 0.130. The topological polar surface area (TPSA) is 83.5 Å². The number of piperidine rings is 1. The molecule has 1 heterocycles. The first-order chi connectivity index (χ1) is 5.11. The smallest absolute Gasteiger partial charge is 0.334 e. The highest BCUT2D eigenvalue weighted by Crippen LogP contribution is 2.03. The van der Waals surface area contributed by atoms with Gasteiger partial charge in [-0.3, -0.25) is 9.59 Å². The molecule has 1 saturated heterocycles. The molecule has 0 aromatic rings. The molecule has 5 nitrogen and oxygen atoms in total. The fourth-order valence-corrected chi connectivity index (χ4v) is 0.894. The van der Waals surface area contributed by atoms with Crippen LogP contribution in [-0.4, -0.2) is 28.8 Å². The Kier molecular flexibility index (Phi) is 1.89. The molecule has 0 saturated carbocycles. The molecule has 2 N–H and O–H groups in total. The quantitative estimate of drug-likeness (QED) is 0.474. The lowest BCUT2D eigenvalue weighted by Crippen LogP contribution is -2.50. The molecule has 0 aliphatic carbocycles. The Morgan fingerprint density at radius 2 is 2.09 bits per heavy atom. The number of aliphatic carboxylic acids is 1. The van der Waals surface area contributed by atoms with Gasteiger partial charge in [0.2, 0.25) is 5.91 Å². The summed E-state index contributed by atoms with van der Waals surface area (Å²) in [4.78, 5) is 31.7. The van der Waals surface area contributed by atoms with E-state index in [0.29, 0.717) is 0 Å². The molecule has 1 aliphatic rings. The first-order valence-corrected chi connectivity index (χ1v) is 3.16. The number of carbonyl (C=O) groups excluding carboxylic acids is 2. The van der Waals surface area contributed by atoms with E-state index in [1.165, 1.54) is 0 Å². The minimum absolute atomic E-state index is 0.0306. The average Bonchev–Trinajstić information content (AvgIpc) is 1.94. The van der Waals surface area contributed by atoms with Gasteiger partial charge in [-0.1, -0.05) is 0 Å². The van der Waals surface area contributed by atoms with Crippen molar-refractivity contribution < 1.29 is 19.5 Å². The number of rotatable bonds is 1. The minimum atomic E-state index is -1.32. The van der Waals surface area contributed by atoms with Crippen LogP contribution in [0, 0.1) is 0 Å². The molecule has 1 rings (SSSR count). The van der Waals surface area contributed by atoms with Gasteiger partial charge in [0.05, 0.1) is 0 Å². The third kappa shape index (κ3) is 1.54. The molecular formula is C6H7NO4. The van der Waals surface area contributed by atoms with E-state index in [9.17, 15) is 14.4 Å². The van der Waals surface area contributed by atoms with Crippen molar-refractivity contribution in [2.75, 3.05) is 0 Å². The summed E-state index contributed by atoms with van der Waals surface area (Å²) in [7, 11) is 0. The molecule has 0 radical (unpaired) electrons. The Morgan fingerprint density at radius 1 is 1.45 bits per heavy atom. The van der Waals surface area contributed by atoms with Crippen LogP contribution >= 0.6 is 0 Å². The van der Waals surface area contributed by atoms with Gasteiger partial charge in [0.25, 0.3) is 0 Å². The van der Waals surface area contributed by atoms with Crippen molar-refractivity contribution in [1.82, 2.24) is 5.32 Å². The van der Waals surface area contributed by atoms with Crippen LogP contribution in [0.25, 0.3) is 0 Å². The van der Waals surface area contributed by atoms with Gasteiger partial charge in [0.1, 0.15) is 0 Å². The summed E-state index contributed by atoms with van der Waals surface area (Å²) < 4.78 is 0. The summed E-state index contributed by atoms with van der Waals surface area (Å²) in [6, 6.07) is -1.32. The molecule has 1 atom stereocenters. The van der Waals surface area contributed by atoms with E-state index in [-0.39, 0.29) is 18.7 Å². The number of hydrogen-bond acceptors (Lipinski definition) is 3. The van der Waals surface area contributed by atoms with E-state index in [1.807, 2.05) is 0 Å². The van der Waals surface area contributed by atoms with Gasteiger partial charge in [0.15, 0.2) is 11.8 Å². The van der Waals surface area contributed by atoms with Crippen LogP contribution in [0.4, 0.5) is 0 Å². The molecule has 11 heavy (non-hydrogen) atoms. The maximum absolute atomic E-state index is 10.8. The number of carbonyl (C=O) groups is 3. The molecule has 0 spiro atoms. The second-order valence-electron chi connectivity index (χ2n) is 2.31. The number of carboxylic acids is 1. The Labute approximate surface area is 62.4 Å². The molecule has 0 aromatic heterocycles. The number of ketones is 1. The standard InChI is InChI=1S/C6H7NO4/c8-3-1-2-4(9)7-5(3)6(10)11/h5H,1-2H2,(H,7,9)(H,10,11). The van der Waals surface area contributed by atoms with E-state index in [2.05, 4.69) is 5.32 Å².